The second-order valence-corrected chi connectivity index (χ2v) is 5.55. The van der Waals surface area contributed by atoms with Gasteiger partial charge in [-0.05, 0) is 32.1 Å². The van der Waals surface area contributed by atoms with Crippen molar-refractivity contribution < 1.29 is 14.3 Å². The molecule has 1 unspecified atom stereocenters. The van der Waals surface area contributed by atoms with Gasteiger partial charge in [0.25, 0.3) is 0 Å². The molecule has 2 amide bonds. The zero-order valence-corrected chi connectivity index (χ0v) is 10.8. The second-order valence-electron chi connectivity index (χ2n) is 5.55. The first-order valence-corrected chi connectivity index (χ1v) is 6.83. The number of methoxy groups -OCH3 is 1. The van der Waals surface area contributed by atoms with Crippen molar-refractivity contribution in [2.75, 3.05) is 20.2 Å². The fraction of sp³-hybridized carbons (Fsp3) is 0.846. The fourth-order valence-corrected chi connectivity index (χ4v) is 3.29. The lowest BCUT2D eigenvalue weighted by Crippen LogP contribution is -2.65. The molecule has 0 aromatic heterocycles. The van der Waals surface area contributed by atoms with Gasteiger partial charge in [0, 0.05) is 19.7 Å². The molecule has 2 saturated heterocycles. The SMILES string of the molecule is COC1CC(N2CC(=O)N3CCCCC3C2=O)C1. The Morgan fingerprint density at radius 1 is 1.17 bits per heavy atom. The minimum absolute atomic E-state index is 0.125. The summed E-state index contributed by atoms with van der Waals surface area (Å²) in [5, 5.41) is 0. The van der Waals surface area contributed by atoms with Gasteiger partial charge in [0.2, 0.25) is 11.8 Å². The van der Waals surface area contributed by atoms with Gasteiger partial charge in [-0.25, -0.2) is 0 Å². The summed E-state index contributed by atoms with van der Waals surface area (Å²) in [7, 11) is 1.70. The Morgan fingerprint density at radius 2 is 1.94 bits per heavy atom. The third-order valence-corrected chi connectivity index (χ3v) is 4.54. The molecule has 3 rings (SSSR count). The summed E-state index contributed by atoms with van der Waals surface area (Å²) in [4.78, 5) is 28.1. The molecule has 3 aliphatic rings. The standard InChI is InChI=1S/C13H20N2O3/c1-18-10-6-9(7-10)15-8-12(16)14-5-3-2-4-11(14)13(15)17/h9-11H,2-8H2,1H3. The molecule has 3 fully saturated rings. The van der Waals surface area contributed by atoms with Crippen LogP contribution in [0.4, 0.5) is 0 Å². The molecule has 0 spiro atoms. The predicted molar refractivity (Wildman–Crippen MR) is 64.9 cm³/mol. The quantitative estimate of drug-likeness (QED) is 0.714. The van der Waals surface area contributed by atoms with Crippen molar-refractivity contribution in [3.05, 3.63) is 0 Å². The lowest BCUT2D eigenvalue weighted by molar-refractivity contribution is -0.164. The van der Waals surface area contributed by atoms with Crippen LogP contribution in [0.3, 0.4) is 0 Å². The van der Waals surface area contributed by atoms with E-state index >= 15 is 0 Å². The predicted octanol–water partition coefficient (Wildman–Crippen LogP) is 0.387. The molecule has 1 saturated carbocycles. The Balaban J connectivity index is 1.70. The highest BCUT2D eigenvalue weighted by Crippen LogP contribution is 2.32. The maximum atomic E-state index is 12.4. The summed E-state index contributed by atoms with van der Waals surface area (Å²) < 4.78 is 5.24. The summed E-state index contributed by atoms with van der Waals surface area (Å²) in [6, 6.07) is 0.0390. The maximum Gasteiger partial charge on any atom is 0.246 e. The number of piperazine rings is 1. The van der Waals surface area contributed by atoms with E-state index in [-0.39, 0.29) is 36.5 Å². The van der Waals surface area contributed by atoms with E-state index in [0.29, 0.717) is 0 Å². The molecule has 0 radical (unpaired) electrons. The Hall–Kier alpha value is -1.10. The highest BCUT2D eigenvalue weighted by Gasteiger charge is 2.45. The Bertz CT molecular complexity index is 365. The van der Waals surface area contributed by atoms with Gasteiger partial charge in [-0.2, -0.15) is 0 Å². The van der Waals surface area contributed by atoms with Crippen molar-refractivity contribution in [1.29, 1.82) is 0 Å². The van der Waals surface area contributed by atoms with E-state index in [1.165, 1.54) is 0 Å². The molecule has 2 heterocycles. The van der Waals surface area contributed by atoms with Gasteiger partial charge in [0.05, 0.1) is 6.10 Å². The van der Waals surface area contributed by atoms with Gasteiger partial charge in [-0.15, -0.1) is 0 Å². The normalized spacial score (nSPS) is 36.4. The van der Waals surface area contributed by atoms with Crippen molar-refractivity contribution in [3.8, 4) is 0 Å². The average molecular weight is 252 g/mol. The summed E-state index contributed by atoms with van der Waals surface area (Å²) >= 11 is 0. The van der Waals surface area contributed by atoms with Crippen LogP contribution >= 0.6 is 0 Å². The molecule has 5 nitrogen and oxygen atoms in total. The van der Waals surface area contributed by atoms with Crippen LogP contribution in [-0.4, -0.2) is 60.0 Å². The van der Waals surface area contributed by atoms with Gasteiger partial charge in [-0.1, -0.05) is 0 Å². The Kier molecular flexibility index (Phi) is 3.01. The fourth-order valence-electron chi connectivity index (χ4n) is 3.29. The molecule has 2 aliphatic heterocycles. The van der Waals surface area contributed by atoms with Crippen molar-refractivity contribution in [1.82, 2.24) is 9.80 Å². The number of ether oxygens (including phenoxy) is 1. The van der Waals surface area contributed by atoms with Gasteiger partial charge >= 0.3 is 0 Å². The third-order valence-electron chi connectivity index (χ3n) is 4.54. The van der Waals surface area contributed by atoms with Crippen LogP contribution in [0.1, 0.15) is 32.1 Å². The van der Waals surface area contributed by atoms with Crippen LogP contribution in [0.2, 0.25) is 0 Å². The van der Waals surface area contributed by atoms with Crippen LogP contribution < -0.4 is 0 Å². The molecular weight excluding hydrogens is 232 g/mol. The lowest BCUT2D eigenvalue weighted by atomic mass is 9.86. The Labute approximate surface area is 107 Å². The number of rotatable bonds is 2. The summed E-state index contributed by atoms with van der Waals surface area (Å²) in [6.45, 7) is 1.03. The van der Waals surface area contributed by atoms with E-state index in [4.69, 9.17) is 4.74 Å². The largest absolute Gasteiger partial charge is 0.381 e. The van der Waals surface area contributed by atoms with E-state index in [0.717, 1.165) is 38.6 Å². The number of hydrogen-bond donors (Lipinski definition) is 0. The van der Waals surface area contributed by atoms with E-state index in [2.05, 4.69) is 0 Å². The molecule has 1 atom stereocenters. The summed E-state index contributed by atoms with van der Waals surface area (Å²) in [5.41, 5.74) is 0. The van der Waals surface area contributed by atoms with E-state index < -0.39 is 0 Å². The zero-order chi connectivity index (χ0) is 12.7. The highest BCUT2D eigenvalue weighted by molar-refractivity contribution is 5.95. The highest BCUT2D eigenvalue weighted by atomic mass is 16.5. The lowest BCUT2D eigenvalue weighted by Gasteiger charge is -2.49. The van der Waals surface area contributed by atoms with E-state index in [9.17, 15) is 9.59 Å². The number of nitrogens with zero attached hydrogens (tertiary/aromatic N) is 2. The van der Waals surface area contributed by atoms with Crippen LogP contribution in [0.25, 0.3) is 0 Å². The molecule has 0 bridgehead atoms. The number of fused-ring (bicyclic) bond motifs is 1. The van der Waals surface area contributed by atoms with Crippen LogP contribution in [0.15, 0.2) is 0 Å². The van der Waals surface area contributed by atoms with Crippen molar-refractivity contribution in [2.45, 2.75) is 50.3 Å². The van der Waals surface area contributed by atoms with Crippen LogP contribution in [0, 0.1) is 0 Å². The molecule has 1 aliphatic carbocycles. The molecular formula is C13H20N2O3. The van der Waals surface area contributed by atoms with E-state index in [1.54, 1.807) is 16.9 Å². The van der Waals surface area contributed by atoms with Gasteiger partial charge in [0.15, 0.2) is 0 Å². The van der Waals surface area contributed by atoms with Gasteiger partial charge < -0.3 is 14.5 Å². The number of carbonyl (C=O) groups is 2. The molecule has 18 heavy (non-hydrogen) atoms. The smallest absolute Gasteiger partial charge is 0.246 e. The first-order valence-electron chi connectivity index (χ1n) is 6.83. The van der Waals surface area contributed by atoms with Crippen molar-refractivity contribution >= 4 is 11.8 Å². The second kappa shape index (κ2) is 4.53. The van der Waals surface area contributed by atoms with Gasteiger partial charge in [0.1, 0.15) is 12.6 Å². The zero-order valence-electron chi connectivity index (χ0n) is 10.8. The minimum atomic E-state index is -0.179. The van der Waals surface area contributed by atoms with Crippen molar-refractivity contribution in [3.63, 3.8) is 0 Å². The first kappa shape index (κ1) is 12.0. The monoisotopic (exact) mass is 252 g/mol. The average Bonchev–Trinajstić information content (AvgIpc) is 2.34. The molecule has 0 aromatic carbocycles. The molecule has 0 N–H and O–H groups in total. The maximum absolute atomic E-state index is 12.4. The number of carbonyl (C=O) groups excluding carboxylic acids is 2. The Morgan fingerprint density at radius 3 is 2.67 bits per heavy atom. The first-order chi connectivity index (χ1) is 8.70. The van der Waals surface area contributed by atoms with Crippen LogP contribution in [-0.2, 0) is 14.3 Å². The number of amides is 2. The topological polar surface area (TPSA) is 49.9 Å². The number of hydrogen-bond acceptors (Lipinski definition) is 3. The van der Waals surface area contributed by atoms with Crippen LogP contribution in [0.5, 0.6) is 0 Å². The minimum Gasteiger partial charge on any atom is -0.381 e. The van der Waals surface area contributed by atoms with Gasteiger partial charge in [-0.3, -0.25) is 9.59 Å². The summed E-state index contributed by atoms with van der Waals surface area (Å²) in [6.07, 6.45) is 4.94. The summed E-state index contributed by atoms with van der Waals surface area (Å²) in [5.74, 6) is 0.286. The number of piperidine rings is 1. The molecule has 100 valence electrons. The van der Waals surface area contributed by atoms with E-state index in [1.807, 2.05) is 0 Å². The van der Waals surface area contributed by atoms with Crippen molar-refractivity contribution in [2.24, 2.45) is 0 Å². The molecule has 0 aromatic rings. The molecule has 5 heteroatoms. The third kappa shape index (κ3) is 1.81.